The van der Waals surface area contributed by atoms with Crippen LogP contribution in [0.15, 0.2) is 42.7 Å². The molecule has 22 heavy (non-hydrogen) atoms. The lowest BCUT2D eigenvalue weighted by molar-refractivity contribution is 0.0697. The van der Waals surface area contributed by atoms with E-state index in [2.05, 4.69) is 15.5 Å². The zero-order chi connectivity index (χ0) is 15.7. The predicted molar refractivity (Wildman–Crippen MR) is 76.5 cm³/mol. The number of aromatic carboxylic acids is 1. The molecule has 0 saturated carbocycles. The van der Waals surface area contributed by atoms with Crippen LogP contribution < -0.4 is 0 Å². The van der Waals surface area contributed by atoms with Crippen LogP contribution in [0.1, 0.15) is 10.4 Å². The summed E-state index contributed by atoms with van der Waals surface area (Å²) in [5, 5.41) is 20.0. The summed E-state index contributed by atoms with van der Waals surface area (Å²) in [5.74, 6) is -1.69. The maximum absolute atomic E-state index is 13.6. The maximum atomic E-state index is 13.6. The van der Waals surface area contributed by atoms with Gasteiger partial charge in [0.25, 0.3) is 0 Å². The van der Waals surface area contributed by atoms with Gasteiger partial charge in [0.05, 0.1) is 16.3 Å². The molecule has 0 spiro atoms. The number of nitrogens with zero attached hydrogens (tertiary/aromatic N) is 4. The minimum absolute atomic E-state index is 0.00108. The fourth-order valence-electron chi connectivity index (χ4n) is 1.99. The lowest BCUT2D eigenvalue weighted by atomic mass is 10.0. The highest BCUT2D eigenvalue weighted by Crippen LogP contribution is 2.27. The number of hydrogen-bond acceptors (Lipinski definition) is 4. The molecule has 0 aliphatic rings. The number of halogens is 2. The smallest absolute Gasteiger partial charge is 0.335 e. The number of aromatic nitrogens is 4. The minimum atomic E-state index is -1.11. The van der Waals surface area contributed by atoms with Gasteiger partial charge in [-0.05, 0) is 51.9 Å². The Kier molecular flexibility index (Phi) is 3.56. The molecule has 0 unspecified atom stereocenters. The molecule has 1 N–H and O–H groups in total. The third-order valence-corrected chi connectivity index (χ3v) is 3.34. The first kappa shape index (κ1) is 14.2. The second kappa shape index (κ2) is 5.53. The van der Waals surface area contributed by atoms with Gasteiger partial charge >= 0.3 is 5.97 Å². The summed E-state index contributed by atoms with van der Waals surface area (Å²) in [6.45, 7) is 0. The van der Waals surface area contributed by atoms with Gasteiger partial charge in [0.1, 0.15) is 12.1 Å². The third-order valence-electron chi connectivity index (χ3n) is 3.03. The van der Waals surface area contributed by atoms with Gasteiger partial charge in [-0.2, -0.15) is 0 Å². The second-order valence-corrected chi connectivity index (χ2v) is 4.86. The molecule has 0 amide bonds. The average Bonchev–Trinajstić information content (AvgIpc) is 3.04. The van der Waals surface area contributed by atoms with E-state index in [4.69, 9.17) is 11.6 Å². The van der Waals surface area contributed by atoms with Crippen LogP contribution in [0.3, 0.4) is 0 Å². The fraction of sp³-hybridized carbons (Fsp3) is 0. The SMILES string of the molecule is O=C(O)c1cc(-c2ccc(Cl)c(F)c2)cc(-n2cnnn2)c1. The van der Waals surface area contributed by atoms with E-state index in [-0.39, 0.29) is 10.6 Å². The molecule has 3 aromatic rings. The van der Waals surface area contributed by atoms with Crippen LogP contribution in [-0.4, -0.2) is 31.3 Å². The van der Waals surface area contributed by atoms with Gasteiger partial charge in [-0.3, -0.25) is 0 Å². The zero-order valence-corrected chi connectivity index (χ0v) is 11.7. The first-order valence-electron chi connectivity index (χ1n) is 6.12. The molecule has 3 rings (SSSR count). The molecule has 1 heterocycles. The van der Waals surface area contributed by atoms with Crippen LogP contribution in [0.2, 0.25) is 5.02 Å². The van der Waals surface area contributed by atoms with E-state index in [1.807, 2.05) is 0 Å². The normalized spacial score (nSPS) is 10.6. The number of carboxylic acid groups (broad SMARTS) is 1. The lowest BCUT2D eigenvalue weighted by Gasteiger charge is -2.08. The number of tetrazole rings is 1. The van der Waals surface area contributed by atoms with Gasteiger partial charge in [0.15, 0.2) is 0 Å². The van der Waals surface area contributed by atoms with Crippen molar-refractivity contribution in [2.45, 2.75) is 0 Å². The summed E-state index contributed by atoms with van der Waals surface area (Å²) < 4.78 is 14.9. The Labute approximate surface area is 128 Å². The van der Waals surface area contributed by atoms with Gasteiger partial charge in [-0.1, -0.05) is 17.7 Å². The standard InChI is InChI=1S/C14H8ClFN4O2/c15-12-2-1-8(6-13(12)16)9-3-10(14(21)22)5-11(4-9)20-7-17-18-19-20/h1-7H,(H,21,22). The highest BCUT2D eigenvalue weighted by Gasteiger charge is 2.11. The van der Waals surface area contributed by atoms with E-state index in [0.29, 0.717) is 16.8 Å². The molecule has 0 atom stereocenters. The van der Waals surface area contributed by atoms with Crippen molar-refractivity contribution in [2.24, 2.45) is 0 Å². The quantitative estimate of drug-likeness (QED) is 0.803. The van der Waals surface area contributed by atoms with Crippen LogP contribution in [0, 0.1) is 5.82 Å². The largest absolute Gasteiger partial charge is 0.478 e. The number of carboxylic acids is 1. The highest BCUT2D eigenvalue weighted by molar-refractivity contribution is 6.30. The molecule has 0 bridgehead atoms. The molecular weight excluding hydrogens is 311 g/mol. The van der Waals surface area contributed by atoms with Gasteiger partial charge in [0.2, 0.25) is 0 Å². The molecule has 2 aromatic carbocycles. The van der Waals surface area contributed by atoms with E-state index >= 15 is 0 Å². The molecular formula is C14H8ClFN4O2. The van der Waals surface area contributed by atoms with Crippen LogP contribution in [0.4, 0.5) is 4.39 Å². The van der Waals surface area contributed by atoms with Crippen molar-refractivity contribution in [1.82, 2.24) is 20.2 Å². The van der Waals surface area contributed by atoms with Gasteiger partial charge < -0.3 is 5.11 Å². The van der Waals surface area contributed by atoms with Crippen LogP contribution in [0.5, 0.6) is 0 Å². The molecule has 110 valence electrons. The highest BCUT2D eigenvalue weighted by atomic mass is 35.5. The summed E-state index contributed by atoms with van der Waals surface area (Å²) in [5.41, 5.74) is 1.51. The Morgan fingerprint density at radius 2 is 2.00 bits per heavy atom. The number of benzene rings is 2. The molecule has 1 aromatic heterocycles. The molecule has 0 fully saturated rings. The van der Waals surface area contributed by atoms with Crippen molar-refractivity contribution in [3.63, 3.8) is 0 Å². The van der Waals surface area contributed by atoms with E-state index in [1.165, 1.54) is 35.3 Å². The zero-order valence-electron chi connectivity index (χ0n) is 10.9. The first-order valence-corrected chi connectivity index (χ1v) is 6.49. The molecule has 6 nitrogen and oxygen atoms in total. The minimum Gasteiger partial charge on any atom is -0.478 e. The van der Waals surface area contributed by atoms with Gasteiger partial charge in [0, 0.05) is 0 Å². The third kappa shape index (κ3) is 2.66. The van der Waals surface area contributed by atoms with E-state index in [0.717, 1.165) is 0 Å². The summed E-state index contributed by atoms with van der Waals surface area (Å²) in [6, 6.07) is 8.79. The summed E-state index contributed by atoms with van der Waals surface area (Å²) in [4.78, 5) is 11.3. The number of hydrogen-bond donors (Lipinski definition) is 1. The Bertz CT molecular complexity index is 852. The topological polar surface area (TPSA) is 80.9 Å². The van der Waals surface area contributed by atoms with E-state index in [9.17, 15) is 14.3 Å². The summed E-state index contributed by atoms with van der Waals surface area (Å²) in [7, 11) is 0. The van der Waals surface area contributed by atoms with Crippen molar-refractivity contribution in [2.75, 3.05) is 0 Å². The fourth-order valence-corrected chi connectivity index (χ4v) is 2.11. The Hall–Kier alpha value is -2.80. The summed E-state index contributed by atoms with van der Waals surface area (Å²) >= 11 is 5.66. The lowest BCUT2D eigenvalue weighted by Crippen LogP contribution is -2.02. The van der Waals surface area contributed by atoms with Gasteiger partial charge in [-0.25, -0.2) is 13.9 Å². The van der Waals surface area contributed by atoms with Gasteiger partial charge in [-0.15, -0.1) is 5.10 Å². The van der Waals surface area contributed by atoms with E-state index < -0.39 is 11.8 Å². The van der Waals surface area contributed by atoms with Crippen molar-refractivity contribution in [1.29, 1.82) is 0 Å². The van der Waals surface area contributed by atoms with Crippen molar-refractivity contribution >= 4 is 17.6 Å². The van der Waals surface area contributed by atoms with Crippen LogP contribution >= 0.6 is 11.6 Å². The molecule has 0 aliphatic carbocycles. The Morgan fingerprint density at radius 1 is 1.18 bits per heavy atom. The predicted octanol–water partition coefficient (Wildman–Crippen LogP) is 2.82. The monoisotopic (exact) mass is 318 g/mol. The second-order valence-electron chi connectivity index (χ2n) is 4.46. The number of rotatable bonds is 3. The molecule has 0 aliphatic heterocycles. The van der Waals surface area contributed by atoms with Crippen LogP contribution in [-0.2, 0) is 0 Å². The molecule has 0 saturated heterocycles. The van der Waals surface area contributed by atoms with Crippen LogP contribution in [0.25, 0.3) is 16.8 Å². The maximum Gasteiger partial charge on any atom is 0.335 e. The van der Waals surface area contributed by atoms with E-state index in [1.54, 1.807) is 12.1 Å². The molecule has 8 heteroatoms. The van der Waals surface area contributed by atoms with Crippen molar-refractivity contribution in [3.8, 4) is 16.8 Å². The average molecular weight is 319 g/mol. The first-order chi connectivity index (χ1) is 10.5. The van der Waals surface area contributed by atoms with Crippen molar-refractivity contribution in [3.05, 3.63) is 59.1 Å². The van der Waals surface area contributed by atoms with Crippen molar-refractivity contribution < 1.29 is 14.3 Å². The Balaban J connectivity index is 2.18. The Morgan fingerprint density at radius 3 is 2.64 bits per heavy atom. The number of carbonyl (C=O) groups is 1. The molecule has 0 radical (unpaired) electrons. The summed E-state index contributed by atoms with van der Waals surface area (Å²) in [6.07, 6.45) is 1.34.